The fourth-order valence-corrected chi connectivity index (χ4v) is 3.48. The van der Waals surface area contributed by atoms with Gasteiger partial charge in [-0.2, -0.15) is 0 Å². The molecule has 0 spiro atoms. The van der Waals surface area contributed by atoms with Crippen molar-refractivity contribution >= 4 is 52.3 Å². The fraction of sp³-hybridized carbons (Fsp3) is 0.467. The minimum Gasteiger partial charge on any atom is -0.314 e. The van der Waals surface area contributed by atoms with Crippen molar-refractivity contribution in [2.45, 2.75) is 19.4 Å². The lowest BCUT2D eigenvalue weighted by Crippen LogP contribution is -2.45. The van der Waals surface area contributed by atoms with E-state index in [0.29, 0.717) is 6.04 Å². The highest BCUT2D eigenvalue weighted by atomic mass is 79.9. The van der Waals surface area contributed by atoms with Gasteiger partial charge in [-0.3, -0.25) is 4.90 Å². The van der Waals surface area contributed by atoms with E-state index >= 15 is 0 Å². The first-order valence-electron chi connectivity index (χ1n) is 6.62. The highest BCUT2D eigenvalue weighted by Crippen LogP contribution is 2.34. The van der Waals surface area contributed by atoms with Gasteiger partial charge >= 0.3 is 0 Å². The number of rotatable bonds is 4. The molecule has 120 valence electrons. The van der Waals surface area contributed by atoms with Gasteiger partial charge in [0, 0.05) is 41.7 Å². The van der Waals surface area contributed by atoms with Crippen LogP contribution in [0.5, 0.6) is 0 Å². The van der Waals surface area contributed by atoms with Crippen LogP contribution >= 0.6 is 52.3 Å². The van der Waals surface area contributed by atoms with Gasteiger partial charge in [0.25, 0.3) is 0 Å². The number of hydrogen-bond acceptors (Lipinski definition) is 2. The fourth-order valence-electron chi connectivity index (χ4n) is 2.53. The third kappa shape index (κ3) is 6.09. The van der Waals surface area contributed by atoms with Crippen LogP contribution in [-0.4, -0.2) is 31.1 Å². The van der Waals surface area contributed by atoms with Crippen LogP contribution in [0, 0.1) is 0 Å². The maximum absolute atomic E-state index is 6.04. The molecule has 1 aromatic carbocycles. The van der Waals surface area contributed by atoms with Crippen molar-refractivity contribution in [2.24, 2.45) is 0 Å². The normalized spacial score (nSPS) is 16.5. The van der Waals surface area contributed by atoms with Gasteiger partial charge < -0.3 is 5.32 Å². The molecule has 1 atom stereocenters. The van der Waals surface area contributed by atoms with Crippen LogP contribution in [0.25, 0.3) is 0 Å². The number of piperazine rings is 1. The van der Waals surface area contributed by atoms with E-state index in [4.69, 9.17) is 11.6 Å². The highest BCUT2D eigenvalue weighted by molar-refractivity contribution is 9.10. The summed E-state index contributed by atoms with van der Waals surface area (Å²) in [5.74, 6) is 0. The molecule has 2 nitrogen and oxygen atoms in total. The molecule has 0 aliphatic carbocycles. The monoisotopic (exact) mass is 414 g/mol. The maximum Gasteiger partial charge on any atom is 0.0417 e. The van der Waals surface area contributed by atoms with Crippen molar-refractivity contribution < 1.29 is 0 Å². The molecule has 1 saturated heterocycles. The minimum absolute atomic E-state index is 0. The van der Waals surface area contributed by atoms with Gasteiger partial charge in [0.15, 0.2) is 0 Å². The van der Waals surface area contributed by atoms with Crippen LogP contribution < -0.4 is 5.32 Å². The van der Waals surface area contributed by atoms with E-state index in [2.05, 4.69) is 45.7 Å². The van der Waals surface area contributed by atoms with Gasteiger partial charge in [0.05, 0.1) is 0 Å². The van der Waals surface area contributed by atoms with Crippen molar-refractivity contribution in [3.8, 4) is 0 Å². The summed E-state index contributed by atoms with van der Waals surface area (Å²) in [6, 6.07) is 6.45. The number of hydrogen-bond donors (Lipinski definition) is 1. The first-order valence-corrected chi connectivity index (χ1v) is 7.79. The van der Waals surface area contributed by atoms with Crippen molar-refractivity contribution in [1.82, 2.24) is 10.2 Å². The molecular weight excluding hydrogens is 394 g/mol. The number of benzene rings is 1. The molecule has 1 heterocycles. The van der Waals surface area contributed by atoms with Gasteiger partial charge in [-0.25, -0.2) is 0 Å². The predicted octanol–water partition coefficient (Wildman–Crippen LogP) is 4.86. The Bertz CT molecular complexity index is 462. The topological polar surface area (TPSA) is 15.3 Å². The smallest absolute Gasteiger partial charge is 0.0417 e. The maximum atomic E-state index is 6.04. The summed E-state index contributed by atoms with van der Waals surface area (Å²) in [5.41, 5.74) is 2.51. The van der Waals surface area contributed by atoms with Gasteiger partial charge in [-0.05, 0) is 31.0 Å². The predicted molar refractivity (Wildman–Crippen MR) is 100 cm³/mol. The second kappa shape index (κ2) is 10.1. The van der Waals surface area contributed by atoms with Crippen LogP contribution in [-0.2, 0) is 0 Å². The Morgan fingerprint density at radius 1 is 1.38 bits per heavy atom. The Morgan fingerprint density at radius 2 is 2.00 bits per heavy atom. The van der Waals surface area contributed by atoms with E-state index < -0.39 is 0 Å². The largest absolute Gasteiger partial charge is 0.314 e. The Balaban J connectivity index is 0.00000200. The van der Waals surface area contributed by atoms with E-state index in [0.717, 1.165) is 42.1 Å². The number of halogens is 4. The Hall–Kier alpha value is 0.230. The summed E-state index contributed by atoms with van der Waals surface area (Å²) in [5, 5.41) is 4.17. The molecule has 0 amide bonds. The molecule has 1 aliphatic rings. The molecule has 2 rings (SSSR count). The Labute approximate surface area is 153 Å². The molecule has 0 bridgehead atoms. The van der Waals surface area contributed by atoms with E-state index in [9.17, 15) is 0 Å². The third-order valence-corrected chi connectivity index (χ3v) is 4.38. The van der Waals surface area contributed by atoms with E-state index in [1.165, 1.54) is 11.1 Å². The molecule has 0 aromatic heterocycles. The molecule has 6 heteroatoms. The molecule has 1 fully saturated rings. The Kier molecular flexibility index (Phi) is 10.2. The first kappa shape index (κ1) is 21.2. The molecule has 0 radical (unpaired) electrons. The summed E-state index contributed by atoms with van der Waals surface area (Å²) in [6.07, 6.45) is 0.986. The van der Waals surface area contributed by atoms with E-state index in [1.54, 1.807) is 0 Å². The molecule has 21 heavy (non-hydrogen) atoms. The molecule has 1 N–H and O–H groups in total. The van der Waals surface area contributed by atoms with E-state index in [-0.39, 0.29) is 24.8 Å². The Morgan fingerprint density at radius 3 is 2.52 bits per heavy atom. The molecule has 1 aliphatic heterocycles. The van der Waals surface area contributed by atoms with Crippen LogP contribution in [0.4, 0.5) is 0 Å². The quantitative estimate of drug-likeness (QED) is 0.705. The summed E-state index contributed by atoms with van der Waals surface area (Å²) in [6.45, 7) is 10.4. The highest BCUT2D eigenvalue weighted by Gasteiger charge is 2.23. The third-order valence-electron chi connectivity index (χ3n) is 3.46. The van der Waals surface area contributed by atoms with Crippen molar-refractivity contribution in [1.29, 1.82) is 0 Å². The summed E-state index contributed by atoms with van der Waals surface area (Å²) >= 11 is 9.69. The lowest BCUT2D eigenvalue weighted by molar-refractivity contribution is 0.172. The number of nitrogens with one attached hydrogen (secondary N) is 1. The standard InChI is InChI=1S/C15H20BrClN2.2ClH/c1-11(2)9-15(19-7-5-18-6-8-19)13-4-3-12(17)10-14(13)16;;/h3-4,10,15,18H,1,5-9H2,2H3;2*1H/t15-;;/m0../s1. The minimum atomic E-state index is 0. The average molecular weight is 417 g/mol. The van der Waals surface area contributed by atoms with Gasteiger partial charge in [-0.1, -0.05) is 39.2 Å². The van der Waals surface area contributed by atoms with Crippen molar-refractivity contribution in [3.63, 3.8) is 0 Å². The first-order chi connectivity index (χ1) is 9.08. The summed E-state index contributed by atoms with van der Waals surface area (Å²) < 4.78 is 1.09. The molecular formula is C15H22BrCl3N2. The van der Waals surface area contributed by atoms with Gasteiger partial charge in [0.1, 0.15) is 0 Å². The summed E-state index contributed by atoms with van der Waals surface area (Å²) in [7, 11) is 0. The summed E-state index contributed by atoms with van der Waals surface area (Å²) in [4.78, 5) is 2.53. The van der Waals surface area contributed by atoms with E-state index in [1.807, 2.05) is 12.1 Å². The van der Waals surface area contributed by atoms with Crippen molar-refractivity contribution in [2.75, 3.05) is 26.2 Å². The second-order valence-electron chi connectivity index (χ2n) is 5.13. The lowest BCUT2D eigenvalue weighted by Gasteiger charge is -2.36. The van der Waals surface area contributed by atoms with Crippen LogP contribution in [0.2, 0.25) is 5.02 Å². The lowest BCUT2D eigenvalue weighted by atomic mass is 9.98. The van der Waals surface area contributed by atoms with Crippen LogP contribution in [0.15, 0.2) is 34.8 Å². The average Bonchev–Trinajstić information content (AvgIpc) is 2.37. The van der Waals surface area contributed by atoms with Crippen LogP contribution in [0.1, 0.15) is 24.9 Å². The number of nitrogens with zero attached hydrogens (tertiary/aromatic N) is 1. The van der Waals surface area contributed by atoms with Gasteiger partial charge in [-0.15, -0.1) is 31.4 Å². The molecule has 0 unspecified atom stereocenters. The van der Waals surface area contributed by atoms with Gasteiger partial charge in [0.2, 0.25) is 0 Å². The zero-order valence-corrected chi connectivity index (χ0v) is 16.0. The second-order valence-corrected chi connectivity index (χ2v) is 6.42. The molecule has 0 saturated carbocycles. The SMILES string of the molecule is C=C(C)C[C@@H](c1ccc(Cl)cc1Br)N1CCNCC1.Cl.Cl. The zero-order chi connectivity index (χ0) is 13.8. The molecule has 1 aromatic rings. The van der Waals surface area contributed by atoms with Crippen LogP contribution in [0.3, 0.4) is 0 Å². The van der Waals surface area contributed by atoms with Crippen molar-refractivity contribution in [3.05, 3.63) is 45.4 Å². The zero-order valence-electron chi connectivity index (χ0n) is 12.1.